The van der Waals surface area contributed by atoms with E-state index in [4.69, 9.17) is 0 Å². The SMILES string of the molecule is CC(C)CC(=O)c1cccn(Cc2ccccc2)c1=O. The molecule has 0 unspecified atom stereocenters. The third kappa shape index (κ3) is 3.44. The van der Waals surface area contributed by atoms with Crippen LogP contribution >= 0.6 is 0 Å². The Hall–Kier alpha value is -2.16. The molecule has 3 heteroatoms. The maximum absolute atomic E-state index is 12.3. The van der Waals surface area contributed by atoms with Gasteiger partial charge in [-0.15, -0.1) is 0 Å². The Morgan fingerprint density at radius 2 is 1.80 bits per heavy atom. The number of aromatic nitrogens is 1. The molecule has 0 amide bonds. The third-order valence-corrected chi connectivity index (χ3v) is 3.11. The Bertz CT molecular complexity index is 642. The van der Waals surface area contributed by atoms with Crippen LogP contribution < -0.4 is 5.56 Å². The van der Waals surface area contributed by atoms with Gasteiger partial charge in [0.1, 0.15) is 0 Å². The van der Waals surface area contributed by atoms with Crippen molar-refractivity contribution in [3.63, 3.8) is 0 Å². The second-order valence-corrected chi connectivity index (χ2v) is 5.36. The highest BCUT2D eigenvalue weighted by Crippen LogP contribution is 2.07. The summed E-state index contributed by atoms with van der Waals surface area (Å²) in [6, 6.07) is 13.1. The zero-order chi connectivity index (χ0) is 14.5. The van der Waals surface area contributed by atoms with Crippen LogP contribution in [0.15, 0.2) is 53.5 Å². The van der Waals surface area contributed by atoms with Crippen LogP contribution in [-0.2, 0) is 6.54 Å². The minimum absolute atomic E-state index is 0.0765. The third-order valence-electron chi connectivity index (χ3n) is 3.11. The molecule has 0 aliphatic rings. The first-order valence-corrected chi connectivity index (χ1v) is 6.84. The molecule has 0 aliphatic carbocycles. The van der Waals surface area contributed by atoms with E-state index in [1.54, 1.807) is 22.9 Å². The molecule has 1 aromatic carbocycles. The predicted octanol–water partition coefficient (Wildman–Crippen LogP) is 3.13. The molecular formula is C17H19NO2. The molecule has 0 fully saturated rings. The van der Waals surface area contributed by atoms with E-state index < -0.39 is 0 Å². The minimum atomic E-state index is -0.206. The molecule has 1 aromatic heterocycles. The standard InChI is InChI=1S/C17H19NO2/c1-13(2)11-16(19)15-9-6-10-18(17(15)20)12-14-7-4-3-5-8-14/h3-10,13H,11-12H2,1-2H3. The minimum Gasteiger partial charge on any atom is -0.310 e. The number of hydrogen-bond acceptors (Lipinski definition) is 2. The summed E-state index contributed by atoms with van der Waals surface area (Å²) in [5, 5.41) is 0. The molecule has 0 spiro atoms. The maximum Gasteiger partial charge on any atom is 0.261 e. The van der Waals surface area contributed by atoms with Gasteiger partial charge >= 0.3 is 0 Å². The van der Waals surface area contributed by atoms with Gasteiger partial charge in [0.15, 0.2) is 5.78 Å². The second kappa shape index (κ2) is 6.33. The first-order chi connectivity index (χ1) is 9.58. The smallest absolute Gasteiger partial charge is 0.261 e. The van der Waals surface area contributed by atoms with Gasteiger partial charge in [0.05, 0.1) is 12.1 Å². The highest BCUT2D eigenvalue weighted by molar-refractivity contribution is 5.95. The zero-order valence-corrected chi connectivity index (χ0v) is 11.9. The van der Waals surface area contributed by atoms with Crippen LogP contribution in [0.4, 0.5) is 0 Å². The average Bonchev–Trinajstić information content (AvgIpc) is 2.41. The molecule has 0 saturated carbocycles. The van der Waals surface area contributed by atoms with Crippen molar-refractivity contribution in [1.82, 2.24) is 4.57 Å². The van der Waals surface area contributed by atoms with Crippen molar-refractivity contribution in [2.24, 2.45) is 5.92 Å². The fourth-order valence-corrected chi connectivity index (χ4v) is 2.13. The van der Waals surface area contributed by atoms with E-state index in [-0.39, 0.29) is 22.8 Å². The van der Waals surface area contributed by atoms with Crippen LogP contribution in [-0.4, -0.2) is 10.4 Å². The fourth-order valence-electron chi connectivity index (χ4n) is 2.13. The molecule has 0 saturated heterocycles. The van der Waals surface area contributed by atoms with Crippen molar-refractivity contribution in [3.05, 3.63) is 70.1 Å². The molecule has 20 heavy (non-hydrogen) atoms. The van der Waals surface area contributed by atoms with Gasteiger partial charge in [0, 0.05) is 12.6 Å². The van der Waals surface area contributed by atoms with Crippen molar-refractivity contribution >= 4 is 5.78 Å². The van der Waals surface area contributed by atoms with E-state index in [0.717, 1.165) is 5.56 Å². The van der Waals surface area contributed by atoms with E-state index in [1.807, 2.05) is 44.2 Å². The lowest BCUT2D eigenvalue weighted by Crippen LogP contribution is -2.26. The number of carbonyl (C=O) groups excluding carboxylic acids is 1. The molecule has 0 N–H and O–H groups in total. The number of hydrogen-bond donors (Lipinski definition) is 0. The van der Waals surface area contributed by atoms with Gasteiger partial charge in [0.2, 0.25) is 0 Å². The van der Waals surface area contributed by atoms with Crippen molar-refractivity contribution < 1.29 is 4.79 Å². The Morgan fingerprint density at radius 1 is 1.10 bits per heavy atom. The quantitative estimate of drug-likeness (QED) is 0.782. The Kier molecular flexibility index (Phi) is 4.51. The number of pyridine rings is 1. The van der Waals surface area contributed by atoms with Crippen LogP contribution in [0.5, 0.6) is 0 Å². The normalized spacial score (nSPS) is 10.8. The summed E-state index contributed by atoms with van der Waals surface area (Å²) in [5.41, 5.74) is 1.13. The highest BCUT2D eigenvalue weighted by Gasteiger charge is 2.13. The predicted molar refractivity (Wildman–Crippen MR) is 80.0 cm³/mol. The molecule has 0 atom stereocenters. The maximum atomic E-state index is 12.3. The van der Waals surface area contributed by atoms with Gasteiger partial charge < -0.3 is 4.57 Å². The first-order valence-electron chi connectivity index (χ1n) is 6.84. The number of benzene rings is 1. The lowest BCUT2D eigenvalue weighted by Gasteiger charge is -2.08. The van der Waals surface area contributed by atoms with Crippen LogP contribution in [0.1, 0.15) is 36.2 Å². The molecule has 0 aliphatic heterocycles. The Labute approximate surface area is 118 Å². The van der Waals surface area contributed by atoms with Crippen molar-refractivity contribution in [2.75, 3.05) is 0 Å². The summed E-state index contributed by atoms with van der Waals surface area (Å²) >= 11 is 0. The van der Waals surface area contributed by atoms with Crippen molar-refractivity contribution in [2.45, 2.75) is 26.8 Å². The molecule has 1 heterocycles. The molecule has 104 valence electrons. The largest absolute Gasteiger partial charge is 0.310 e. The molecule has 2 aromatic rings. The summed E-state index contributed by atoms with van der Waals surface area (Å²) < 4.78 is 1.59. The number of Topliss-reactive ketones (excluding diaryl/α,β-unsaturated/α-hetero) is 1. The van der Waals surface area contributed by atoms with E-state index >= 15 is 0 Å². The molecular weight excluding hydrogens is 250 g/mol. The van der Waals surface area contributed by atoms with Gasteiger partial charge in [0.25, 0.3) is 5.56 Å². The summed E-state index contributed by atoms with van der Waals surface area (Å²) in [5.74, 6) is 0.178. The molecule has 3 nitrogen and oxygen atoms in total. The molecule has 0 radical (unpaired) electrons. The van der Waals surface area contributed by atoms with E-state index in [0.29, 0.717) is 13.0 Å². The van der Waals surface area contributed by atoms with E-state index in [9.17, 15) is 9.59 Å². The Balaban J connectivity index is 2.28. The van der Waals surface area contributed by atoms with Gasteiger partial charge in [-0.05, 0) is 23.6 Å². The molecule has 2 rings (SSSR count). The van der Waals surface area contributed by atoms with Gasteiger partial charge in [-0.25, -0.2) is 0 Å². The van der Waals surface area contributed by atoms with E-state index in [2.05, 4.69) is 0 Å². The second-order valence-electron chi connectivity index (χ2n) is 5.36. The fraction of sp³-hybridized carbons (Fsp3) is 0.294. The first kappa shape index (κ1) is 14.3. The summed E-state index contributed by atoms with van der Waals surface area (Å²) in [4.78, 5) is 24.4. The van der Waals surface area contributed by atoms with Gasteiger partial charge in [-0.1, -0.05) is 44.2 Å². The average molecular weight is 269 g/mol. The van der Waals surface area contributed by atoms with Gasteiger partial charge in [-0.2, -0.15) is 0 Å². The summed E-state index contributed by atoms with van der Waals surface area (Å²) in [6.07, 6.45) is 2.13. The monoisotopic (exact) mass is 269 g/mol. The molecule has 0 bridgehead atoms. The van der Waals surface area contributed by atoms with Crippen LogP contribution in [0.2, 0.25) is 0 Å². The van der Waals surface area contributed by atoms with Crippen LogP contribution in [0.3, 0.4) is 0 Å². The number of ketones is 1. The highest BCUT2D eigenvalue weighted by atomic mass is 16.1. The van der Waals surface area contributed by atoms with Crippen molar-refractivity contribution in [1.29, 1.82) is 0 Å². The number of nitrogens with zero attached hydrogens (tertiary/aromatic N) is 1. The lowest BCUT2D eigenvalue weighted by molar-refractivity contribution is 0.0966. The number of rotatable bonds is 5. The van der Waals surface area contributed by atoms with Crippen LogP contribution in [0, 0.1) is 5.92 Å². The summed E-state index contributed by atoms with van der Waals surface area (Å²) in [6.45, 7) is 4.44. The zero-order valence-electron chi connectivity index (χ0n) is 11.9. The van der Waals surface area contributed by atoms with Crippen molar-refractivity contribution in [3.8, 4) is 0 Å². The topological polar surface area (TPSA) is 39.1 Å². The van der Waals surface area contributed by atoms with Gasteiger partial charge in [-0.3, -0.25) is 9.59 Å². The van der Waals surface area contributed by atoms with E-state index in [1.165, 1.54) is 0 Å². The Morgan fingerprint density at radius 3 is 2.45 bits per heavy atom. The summed E-state index contributed by atoms with van der Waals surface area (Å²) in [7, 11) is 0. The van der Waals surface area contributed by atoms with Crippen LogP contribution in [0.25, 0.3) is 0 Å². The number of carbonyl (C=O) groups is 1. The lowest BCUT2D eigenvalue weighted by atomic mass is 10.0.